The lowest BCUT2D eigenvalue weighted by Crippen LogP contribution is -2.00. The summed E-state index contributed by atoms with van der Waals surface area (Å²) in [4.78, 5) is 10.6. The maximum atomic E-state index is 10.6. The lowest BCUT2D eigenvalue weighted by molar-refractivity contribution is -0.133. The topological polar surface area (TPSA) is 46.5 Å². The van der Waals surface area contributed by atoms with Crippen LogP contribution in [-0.2, 0) is 9.53 Å². The Morgan fingerprint density at radius 2 is 2.36 bits per heavy atom. The first-order valence-electron chi connectivity index (χ1n) is 3.38. The van der Waals surface area contributed by atoms with Crippen molar-refractivity contribution in [3.05, 3.63) is 24.5 Å². The number of hydrogen-bond donors (Lipinski definition) is 1. The molecule has 0 fully saturated rings. The number of aliphatic hydroxyl groups is 1. The second-order valence-corrected chi connectivity index (χ2v) is 1.83. The lowest BCUT2D eigenvalue weighted by Gasteiger charge is -2.02. The van der Waals surface area contributed by atoms with Crippen molar-refractivity contribution < 1.29 is 14.6 Å². The van der Waals surface area contributed by atoms with Crippen LogP contribution in [0.15, 0.2) is 24.5 Å². The van der Waals surface area contributed by atoms with Gasteiger partial charge in [-0.15, -0.1) is 0 Å². The van der Waals surface area contributed by atoms with E-state index >= 15 is 0 Å². The van der Waals surface area contributed by atoms with Crippen LogP contribution in [0.25, 0.3) is 0 Å². The highest BCUT2D eigenvalue weighted by molar-refractivity contribution is 5.82. The molecule has 1 N–H and O–H groups in total. The second-order valence-electron chi connectivity index (χ2n) is 1.83. The van der Waals surface area contributed by atoms with Crippen molar-refractivity contribution in [2.75, 3.05) is 6.61 Å². The maximum Gasteiger partial charge on any atom is 0.335 e. The normalized spacial score (nSPS) is 10.9. The highest BCUT2D eigenvalue weighted by Crippen LogP contribution is 2.02. The molecule has 0 aromatic heterocycles. The van der Waals surface area contributed by atoms with Crippen LogP contribution < -0.4 is 0 Å². The molecule has 0 amide bonds. The third-order valence-electron chi connectivity index (χ3n) is 1.07. The standard InChI is InChI=1S/C8H12O3/c1-3-7(5-6-9)11-8(10)4-2/h4-5,9H,2-3,6H2,1H3. The quantitative estimate of drug-likeness (QED) is 0.375. The minimum atomic E-state index is -0.494. The van der Waals surface area contributed by atoms with Gasteiger partial charge in [0.05, 0.1) is 6.61 Å². The summed E-state index contributed by atoms with van der Waals surface area (Å²) in [6.07, 6.45) is 3.11. The third kappa shape index (κ3) is 4.33. The van der Waals surface area contributed by atoms with Crippen LogP contribution in [0.4, 0.5) is 0 Å². The summed E-state index contributed by atoms with van der Waals surface area (Å²) in [5.41, 5.74) is 0. The molecular formula is C8H12O3. The van der Waals surface area contributed by atoms with Crippen molar-refractivity contribution in [3.63, 3.8) is 0 Å². The first-order valence-corrected chi connectivity index (χ1v) is 3.38. The number of aliphatic hydroxyl groups excluding tert-OH is 1. The zero-order valence-corrected chi connectivity index (χ0v) is 6.54. The van der Waals surface area contributed by atoms with Crippen molar-refractivity contribution in [2.45, 2.75) is 13.3 Å². The molecular weight excluding hydrogens is 144 g/mol. The van der Waals surface area contributed by atoms with E-state index in [2.05, 4.69) is 6.58 Å². The van der Waals surface area contributed by atoms with Gasteiger partial charge in [-0.2, -0.15) is 0 Å². The molecule has 0 atom stereocenters. The van der Waals surface area contributed by atoms with Gasteiger partial charge in [-0.3, -0.25) is 0 Å². The largest absolute Gasteiger partial charge is 0.428 e. The van der Waals surface area contributed by atoms with E-state index in [9.17, 15) is 4.79 Å². The molecule has 0 heterocycles. The molecule has 0 aliphatic carbocycles. The summed E-state index contributed by atoms with van der Waals surface area (Å²) >= 11 is 0. The molecule has 0 rings (SSSR count). The number of ether oxygens (including phenoxy) is 1. The van der Waals surface area contributed by atoms with Gasteiger partial charge in [0, 0.05) is 12.5 Å². The predicted octanol–water partition coefficient (Wildman–Crippen LogP) is 1.00. The fourth-order valence-electron chi connectivity index (χ4n) is 0.531. The summed E-state index contributed by atoms with van der Waals surface area (Å²) in [5, 5.41) is 8.46. The van der Waals surface area contributed by atoms with Crippen molar-refractivity contribution in [2.24, 2.45) is 0 Å². The number of carbonyl (C=O) groups excluding carboxylic acids is 1. The first-order chi connectivity index (χ1) is 5.24. The zero-order valence-electron chi connectivity index (χ0n) is 6.54. The first kappa shape index (κ1) is 9.91. The fourth-order valence-corrected chi connectivity index (χ4v) is 0.531. The van der Waals surface area contributed by atoms with Crippen LogP contribution in [0, 0.1) is 0 Å². The van der Waals surface area contributed by atoms with E-state index in [1.165, 1.54) is 6.08 Å². The molecule has 0 unspecified atom stereocenters. The van der Waals surface area contributed by atoms with E-state index in [1.807, 2.05) is 6.92 Å². The molecule has 0 saturated carbocycles. The van der Waals surface area contributed by atoms with Crippen LogP contribution >= 0.6 is 0 Å². The summed E-state index contributed by atoms with van der Waals surface area (Å²) < 4.78 is 4.73. The highest BCUT2D eigenvalue weighted by atomic mass is 16.5. The molecule has 11 heavy (non-hydrogen) atoms. The van der Waals surface area contributed by atoms with Gasteiger partial charge in [-0.25, -0.2) is 4.79 Å². The predicted molar refractivity (Wildman–Crippen MR) is 41.7 cm³/mol. The van der Waals surface area contributed by atoms with Crippen molar-refractivity contribution >= 4 is 5.97 Å². The smallest absolute Gasteiger partial charge is 0.335 e. The van der Waals surface area contributed by atoms with Gasteiger partial charge in [0.2, 0.25) is 0 Å². The van der Waals surface area contributed by atoms with E-state index in [-0.39, 0.29) is 6.61 Å². The van der Waals surface area contributed by atoms with Crippen LogP contribution in [0.2, 0.25) is 0 Å². The molecule has 3 heteroatoms. The average molecular weight is 156 g/mol. The van der Waals surface area contributed by atoms with Gasteiger partial charge in [0.15, 0.2) is 0 Å². The summed E-state index contributed by atoms with van der Waals surface area (Å²) in [6, 6.07) is 0. The molecule has 0 bridgehead atoms. The highest BCUT2D eigenvalue weighted by Gasteiger charge is 1.98. The molecule has 0 aromatic rings. The molecule has 0 radical (unpaired) electrons. The van der Waals surface area contributed by atoms with E-state index in [4.69, 9.17) is 9.84 Å². The molecule has 0 aromatic carbocycles. The number of allylic oxidation sites excluding steroid dienone is 1. The van der Waals surface area contributed by atoms with Gasteiger partial charge < -0.3 is 9.84 Å². The number of carbonyl (C=O) groups is 1. The van der Waals surface area contributed by atoms with Crippen LogP contribution in [0.3, 0.4) is 0 Å². The van der Waals surface area contributed by atoms with Crippen LogP contribution in [-0.4, -0.2) is 17.7 Å². The van der Waals surface area contributed by atoms with E-state index in [0.717, 1.165) is 6.08 Å². The van der Waals surface area contributed by atoms with Crippen LogP contribution in [0.1, 0.15) is 13.3 Å². The molecule has 62 valence electrons. The second kappa shape index (κ2) is 5.68. The van der Waals surface area contributed by atoms with Crippen molar-refractivity contribution in [3.8, 4) is 0 Å². The Morgan fingerprint density at radius 1 is 1.73 bits per heavy atom. The van der Waals surface area contributed by atoms with Gasteiger partial charge in [-0.05, 0) is 6.08 Å². The molecule has 0 saturated heterocycles. The van der Waals surface area contributed by atoms with Crippen LogP contribution in [0.5, 0.6) is 0 Å². The summed E-state index contributed by atoms with van der Waals surface area (Å²) in [5.74, 6) is -0.0241. The average Bonchev–Trinajstić information content (AvgIpc) is 2.03. The Hall–Kier alpha value is -1.09. The SMILES string of the molecule is C=CC(=O)OC(=CCO)CC. The Labute approximate surface area is 66.0 Å². The third-order valence-corrected chi connectivity index (χ3v) is 1.07. The Bertz CT molecular complexity index is 170. The summed E-state index contributed by atoms with van der Waals surface area (Å²) in [6.45, 7) is 4.96. The van der Waals surface area contributed by atoms with Gasteiger partial charge in [0.25, 0.3) is 0 Å². The number of esters is 1. The van der Waals surface area contributed by atoms with Gasteiger partial charge in [0.1, 0.15) is 5.76 Å². The number of rotatable bonds is 4. The van der Waals surface area contributed by atoms with Crippen molar-refractivity contribution in [1.82, 2.24) is 0 Å². The molecule has 0 spiro atoms. The van der Waals surface area contributed by atoms with Crippen molar-refractivity contribution in [1.29, 1.82) is 0 Å². The Kier molecular flexibility index (Phi) is 5.11. The van der Waals surface area contributed by atoms with Gasteiger partial charge >= 0.3 is 5.97 Å². The summed E-state index contributed by atoms with van der Waals surface area (Å²) in [7, 11) is 0. The molecule has 0 aliphatic heterocycles. The van der Waals surface area contributed by atoms with E-state index < -0.39 is 5.97 Å². The van der Waals surface area contributed by atoms with E-state index in [1.54, 1.807) is 0 Å². The molecule has 3 nitrogen and oxygen atoms in total. The number of hydrogen-bond acceptors (Lipinski definition) is 3. The lowest BCUT2D eigenvalue weighted by atomic mass is 10.3. The minimum absolute atomic E-state index is 0.117. The Balaban J connectivity index is 3.97. The monoisotopic (exact) mass is 156 g/mol. The molecule has 0 aliphatic rings. The zero-order chi connectivity index (χ0) is 8.69. The Morgan fingerprint density at radius 3 is 2.73 bits per heavy atom. The van der Waals surface area contributed by atoms with Gasteiger partial charge in [-0.1, -0.05) is 13.5 Å². The fraction of sp³-hybridized carbons (Fsp3) is 0.375. The van der Waals surface area contributed by atoms with E-state index in [0.29, 0.717) is 12.2 Å². The maximum absolute atomic E-state index is 10.6. The minimum Gasteiger partial charge on any atom is -0.428 e.